The van der Waals surface area contributed by atoms with Gasteiger partial charge >= 0.3 is 5.97 Å². The Hall–Kier alpha value is -2.13. The molecule has 106 valence electrons. The van der Waals surface area contributed by atoms with Crippen LogP contribution >= 0.6 is 11.6 Å². The van der Waals surface area contributed by atoms with E-state index in [1.807, 2.05) is 0 Å². The van der Waals surface area contributed by atoms with Gasteiger partial charge in [0.2, 0.25) is 0 Å². The van der Waals surface area contributed by atoms with Crippen molar-refractivity contribution in [3.63, 3.8) is 0 Å². The predicted molar refractivity (Wildman–Crippen MR) is 70.3 cm³/mol. The van der Waals surface area contributed by atoms with Crippen molar-refractivity contribution in [3.05, 3.63) is 34.9 Å². The number of nitrogens with one attached hydrogen (secondary N) is 2. The smallest absolute Gasteiger partial charge is 0.357 e. The quantitative estimate of drug-likeness (QED) is 0.729. The number of carbonyl (C=O) groups is 1. The Morgan fingerprint density at radius 1 is 1.45 bits per heavy atom. The fraction of sp³-hybridized carbons (Fsp3) is 0.100. The predicted octanol–water partition coefficient (Wildman–Crippen LogP) is 1.27. The molecule has 0 spiro atoms. The minimum absolute atomic E-state index is 0.122. The highest BCUT2D eigenvalue weighted by molar-refractivity contribution is 7.92. The molecule has 20 heavy (non-hydrogen) atoms. The third-order valence-electron chi connectivity index (χ3n) is 2.34. The van der Waals surface area contributed by atoms with Crippen LogP contribution in [0.3, 0.4) is 0 Å². The summed E-state index contributed by atoms with van der Waals surface area (Å²) in [6.45, 7) is 1.41. The lowest BCUT2D eigenvalue weighted by molar-refractivity contribution is 0.0686. The van der Waals surface area contributed by atoms with Gasteiger partial charge in [0.25, 0.3) is 10.0 Å². The SMILES string of the molecule is Cc1[nH]nc(C(=O)O)c1S(=O)(=O)Nc1ccc(Cl)nc1. The number of rotatable bonds is 4. The van der Waals surface area contributed by atoms with E-state index in [1.54, 1.807) is 0 Å². The molecule has 0 radical (unpaired) electrons. The molecule has 0 saturated heterocycles. The molecule has 2 aromatic heterocycles. The van der Waals surface area contributed by atoms with Gasteiger partial charge < -0.3 is 5.11 Å². The van der Waals surface area contributed by atoms with Crippen LogP contribution in [0.25, 0.3) is 0 Å². The van der Waals surface area contributed by atoms with E-state index in [4.69, 9.17) is 16.7 Å². The van der Waals surface area contributed by atoms with Crippen molar-refractivity contribution in [3.8, 4) is 0 Å². The summed E-state index contributed by atoms with van der Waals surface area (Å²) in [7, 11) is -4.10. The number of H-pyrrole nitrogens is 1. The first-order valence-electron chi connectivity index (χ1n) is 5.24. The molecule has 0 atom stereocenters. The van der Waals surface area contributed by atoms with E-state index in [0.717, 1.165) is 0 Å². The van der Waals surface area contributed by atoms with Gasteiger partial charge in [0, 0.05) is 0 Å². The number of pyridine rings is 1. The van der Waals surface area contributed by atoms with E-state index in [1.165, 1.54) is 25.3 Å². The van der Waals surface area contributed by atoms with E-state index in [0.29, 0.717) is 0 Å². The summed E-state index contributed by atoms with van der Waals surface area (Å²) in [5.41, 5.74) is -0.292. The first kappa shape index (κ1) is 14.3. The lowest BCUT2D eigenvalue weighted by Gasteiger charge is -2.07. The molecule has 0 fully saturated rings. The normalized spacial score (nSPS) is 11.3. The number of aromatic amines is 1. The van der Waals surface area contributed by atoms with Gasteiger partial charge in [0.05, 0.1) is 17.6 Å². The van der Waals surface area contributed by atoms with Crippen LogP contribution in [0.2, 0.25) is 5.15 Å². The molecule has 0 unspecified atom stereocenters. The van der Waals surface area contributed by atoms with Gasteiger partial charge in [-0.1, -0.05) is 11.6 Å². The van der Waals surface area contributed by atoms with Crippen molar-refractivity contribution in [1.29, 1.82) is 0 Å². The van der Waals surface area contributed by atoms with E-state index in [-0.39, 0.29) is 16.5 Å². The number of hydrogen-bond donors (Lipinski definition) is 3. The molecule has 0 aliphatic heterocycles. The molecule has 3 N–H and O–H groups in total. The van der Waals surface area contributed by atoms with E-state index in [9.17, 15) is 13.2 Å². The second kappa shape index (κ2) is 5.10. The number of aromatic carboxylic acids is 1. The van der Waals surface area contributed by atoms with Crippen LogP contribution in [0, 0.1) is 6.92 Å². The number of hydrogen-bond acceptors (Lipinski definition) is 5. The Morgan fingerprint density at radius 3 is 2.70 bits per heavy atom. The van der Waals surface area contributed by atoms with Gasteiger partial charge in [-0.25, -0.2) is 18.2 Å². The van der Waals surface area contributed by atoms with Crippen molar-refractivity contribution in [2.75, 3.05) is 4.72 Å². The first-order chi connectivity index (χ1) is 9.31. The summed E-state index contributed by atoms with van der Waals surface area (Å²) in [5.74, 6) is -1.44. The molecule has 0 bridgehead atoms. The molecule has 2 aromatic rings. The number of nitrogens with zero attached hydrogens (tertiary/aromatic N) is 2. The number of carboxylic acid groups (broad SMARTS) is 1. The number of halogens is 1. The molecule has 0 amide bonds. The van der Waals surface area contributed by atoms with Crippen LogP contribution in [-0.2, 0) is 10.0 Å². The topological polar surface area (TPSA) is 125 Å². The molecule has 0 aliphatic rings. The summed E-state index contributed by atoms with van der Waals surface area (Å²) in [6.07, 6.45) is 1.22. The number of anilines is 1. The Bertz CT molecular complexity index is 754. The third-order valence-corrected chi connectivity index (χ3v) is 4.11. The zero-order valence-electron chi connectivity index (χ0n) is 10.1. The number of carboxylic acids is 1. The second-order valence-corrected chi connectivity index (χ2v) is 5.81. The summed E-state index contributed by atoms with van der Waals surface area (Å²) in [5, 5.41) is 14.9. The van der Waals surface area contributed by atoms with Gasteiger partial charge in [0.15, 0.2) is 5.69 Å². The van der Waals surface area contributed by atoms with Crippen LogP contribution in [0.1, 0.15) is 16.2 Å². The fourth-order valence-electron chi connectivity index (χ4n) is 1.54. The molecular formula is C10H9ClN4O4S. The Labute approximate surface area is 118 Å². The van der Waals surface area contributed by atoms with Crippen LogP contribution in [0.4, 0.5) is 5.69 Å². The standard InChI is InChI=1S/C10H9ClN4O4S/c1-5-9(8(10(16)17)14-13-5)20(18,19)15-6-2-3-7(11)12-4-6/h2-4,15H,1H3,(H,13,14)(H,16,17). The van der Waals surface area contributed by atoms with Crippen LogP contribution in [0.15, 0.2) is 23.2 Å². The Balaban J connectivity index is 2.43. The maximum Gasteiger partial charge on any atom is 0.357 e. The van der Waals surface area contributed by atoms with Crippen molar-refractivity contribution in [2.24, 2.45) is 0 Å². The Morgan fingerprint density at radius 2 is 2.15 bits per heavy atom. The van der Waals surface area contributed by atoms with Crippen molar-refractivity contribution < 1.29 is 18.3 Å². The minimum Gasteiger partial charge on any atom is -0.476 e. The lowest BCUT2D eigenvalue weighted by atomic mass is 10.4. The van der Waals surface area contributed by atoms with Crippen molar-refractivity contribution >= 4 is 33.3 Å². The van der Waals surface area contributed by atoms with Crippen molar-refractivity contribution in [1.82, 2.24) is 15.2 Å². The number of aromatic nitrogens is 3. The zero-order valence-corrected chi connectivity index (χ0v) is 11.7. The highest BCUT2D eigenvalue weighted by Gasteiger charge is 2.28. The van der Waals surface area contributed by atoms with E-state index in [2.05, 4.69) is 19.9 Å². The minimum atomic E-state index is -4.10. The second-order valence-electron chi connectivity index (χ2n) is 3.81. The molecular weight excluding hydrogens is 308 g/mol. The summed E-state index contributed by atoms with van der Waals surface area (Å²) < 4.78 is 26.6. The molecule has 2 rings (SSSR count). The molecule has 8 nitrogen and oxygen atoms in total. The summed E-state index contributed by atoms with van der Waals surface area (Å²) >= 11 is 5.59. The van der Waals surface area contributed by atoms with Crippen molar-refractivity contribution in [2.45, 2.75) is 11.8 Å². The average molecular weight is 317 g/mol. The first-order valence-corrected chi connectivity index (χ1v) is 7.10. The van der Waals surface area contributed by atoms with E-state index < -0.39 is 26.6 Å². The number of aryl methyl sites for hydroxylation is 1. The van der Waals surface area contributed by atoms with Gasteiger partial charge in [-0.3, -0.25) is 9.82 Å². The lowest BCUT2D eigenvalue weighted by Crippen LogP contribution is -2.17. The summed E-state index contributed by atoms with van der Waals surface area (Å²) in [4.78, 5) is 14.3. The molecule has 0 aromatic carbocycles. The zero-order chi connectivity index (χ0) is 14.9. The van der Waals surface area contributed by atoms with Gasteiger partial charge in [-0.15, -0.1) is 0 Å². The van der Waals surface area contributed by atoms with Crippen LogP contribution in [-0.4, -0.2) is 34.7 Å². The van der Waals surface area contributed by atoms with E-state index >= 15 is 0 Å². The maximum absolute atomic E-state index is 12.2. The van der Waals surface area contributed by atoms with Gasteiger partial charge in [-0.2, -0.15) is 5.10 Å². The average Bonchev–Trinajstić information content (AvgIpc) is 2.75. The Kier molecular flexibility index (Phi) is 3.64. The molecule has 0 aliphatic carbocycles. The van der Waals surface area contributed by atoms with Gasteiger partial charge in [-0.05, 0) is 19.1 Å². The van der Waals surface area contributed by atoms with Crippen LogP contribution < -0.4 is 4.72 Å². The highest BCUT2D eigenvalue weighted by Crippen LogP contribution is 2.21. The van der Waals surface area contributed by atoms with Crippen LogP contribution in [0.5, 0.6) is 0 Å². The summed E-state index contributed by atoms with van der Waals surface area (Å²) in [6, 6.07) is 2.81. The molecule has 10 heteroatoms. The largest absolute Gasteiger partial charge is 0.476 e. The maximum atomic E-state index is 12.2. The van der Waals surface area contributed by atoms with Gasteiger partial charge in [0.1, 0.15) is 10.0 Å². The highest BCUT2D eigenvalue weighted by atomic mass is 35.5. The molecule has 0 saturated carbocycles. The fourth-order valence-corrected chi connectivity index (χ4v) is 3.02. The number of sulfonamides is 1. The third kappa shape index (κ3) is 2.73. The monoisotopic (exact) mass is 316 g/mol. The molecule has 2 heterocycles.